The van der Waals surface area contributed by atoms with E-state index in [1.165, 1.54) is 6.07 Å². The topological polar surface area (TPSA) is 123 Å². The Hall–Kier alpha value is -2.31. The van der Waals surface area contributed by atoms with Crippen molar-refractivity contribution in [2.24, 2.45) is 5.73 Å². The predicted molar refractivity (Wildman–Crippen MR) is 60.9 cm³/mol. The third kappa shape index (κ3) is 3.34. The van der Waals surface area contributed by atoms with Gasteiger partial charge in [-0.25, -0.2) is 4.79 Å². The standard InChI is InChI=1S/C11H14N2O5/c1-5-3-7(6(2)18-5)10(15)13-8(11(16)17)4-9(12)14/h3,8H,4H2,1-2H3,(H2,12,14)(H,13,15)(H,16,17)/t8-/m0/s1. The van der Waals surface area contributed by atoms with Crippen molar-refractivity contribution < 1.29 is 23.9 Å². The molecule has 0 saturated carbocycles. The highest BCUT2D eigenvalue weighted by Crippen LogP contribution is 2.13. The first-order valence-corrected chi connectivity index (χ1v) is 5.20. The molecule has 0 bridgehead atoms. The van der Waals surface area contributed by atoms with Crippen molar-refractivity contribution in [2.75, 3.05) is 0 Å². The molecule has 0 aliphatic carbocycles. The lowest BCUT2D eigenvalue weighted by molar-refractivity contribution is -0.140. The van der Waals surface area contributed by atoms with E-state index in [2.05, 4.69) is 5.32 Å². The van der Waals surface area contributed by atoms with Gasteiger partial charge in [0.25, 0.3) is 5.91 Å². The van der Waals surface area contributed by atoms with Crippen molar-refractivity contribution in [1.82, 2.24) is 5.32 Å². The summed E-state index contributed by atoms with van der Waals surface area (Å²) in [5.74, 6) is -1.81. The molecular weight excluding hydrogens is 240 g/mol. The van der Waals surface area contributed by atoms with E-state index in [1.807, 2.05) is 0 Å². The smallest absolute Gasteiger partial charge is 0.326 e. The molecule has 7 nitrogen and oxygen atoms in total. The number of nitrogens with one attached hydrogen (secondary N) is 1. The number of furan rings is 1. The lowest BCUT2D eigenvalue weighted by Gasteiger charge is -2.12. The number of amides is 2. The Balaban J connectivity index is 2.81. The quantitative estimate of drug-likeness (QED) is 0.680. The van der Waals surface area contributed by atoms with Gasteiger partial charge in [0.1, 0.15) is 17.6 Å². The van der Waals surface area contributed by atoms with E-state index in [4.69, 9.17) is 15.3 Å². The van der Waals surface area contributed by atoms with E-state index >= 15 is 0 Å². The third-order valence-corrected chi connectivity index (χ3v) is 2.29. The first kappa shape index (κ1) is 13.8. The van der Waals surface area contributed by atoms with Gasteiger partial charge in [-0.1, -0.05) is 0 Å². The Kier molecular flexibility index (Phi) is 4.09. The Labute approximate surface area is 103 Å². The number of aryl methyl sites for hydroxylation is 2. The fourth-order valence-electron chi connectivity index (χ4n) is 1.49. The van der Waals surface area contributed by atoms with Crippen LogP contribution in [0.5, 0.6) is 0 Å². The van der Waals surface area contributed by atoms with Gasteiger partial charge in [-0.2, -0.15) is 0 Å². The molecule has 0 unspecified atom stereocenters. The molecule has 0 fully saturated rings. The molecule has 1 aromatic rings. The van der Waals surface area contributed by atoms with Crippen LogP contribution < -0.4 is 11.1 Å². The van der Waals surface area contributed by atoms with Crippen LogP contribution in [-0.2, 0) is 9.59 Å². The number of carboxylic acid groups (broad SMARTS) is 1. The van der Waals surface area contributed by atoms with Crippen molar-refractivity contribution in [1.29, 1.82) is 0 Å². The van der Waals surface area contributed by atoms with E-state index in [1.54, 1.807) is 13.8 Å². The molecule has 2 amide bonds. The molecule has 1 aromatic heterocycles. The van der Waals surface area contributed by atoms with Crippen LogP contribution in [0, 0.1) is 13.8 Å². The van der Waals surface area contributed by atoms with Gasteiger partial charge in [0.15, 0.2) is 0 Å². The molecule has 1 heterocycles. The van der Waals surface area contributed by atoms with Crippen molar-refractivity contribution in [3.8, 4) is 0 Å². The number of rotatable bonds is 5. The van der Waals surface area contributed by atoms with Crippen molar-refractivity contribution in [3.05, 3.63) is 23.2 Å². The van der Waals surface area contributed by atoms with Gasteiger partial charge in [0, 0.05) is 0 Å². The molecule has 7 heteroatoms. The summed E-state index contributed by atoms with van der Waals surface area (Å²) in [4.78, 5) is 33.3. The summed E-state index contributed by atoms with van der Waals surface area (Å²) in [6.07, 6.45) is -0.461. The normalized spacial score (nSPS) is 11.9. The number of nitrogens with two attached hydrogens (primary N) is 1. The number of primary amides is 1. The van der Waals surface area contributed by atoms with Crippen LogP contribution in [0.25, 0.3) is 0 Å². The first-order chi connectivity index (χ1) is 8.31. The zero-order chi connectivity index (χ0) is 13.9. The summed E-state index contributed by atoms with van der Waals surface area (Å²) in [6, 6.07) is 0.151. The highest BCUT2D eigenvalue weighted by molar-refractivity contribution is 5.98. The maximum Gasteiger partial charge on any atom is 0.326 e. The molecule has 0 saturated heterocycles. The van der Waals surface area contributed by atoms with Gasteiger partial charge in [0.05, 0.1) is 12.0 Å². The van der Waals surface area contributed by atoms with E-state index < -0.39 is 30.2 Å². The van der Waals surface area contributed by atoms with E-state index in [0.29, 0.717) is 11.5 Å². The number of aliphatic carboxylic acids is 1. The molecular formula is C11H14N2O5. The summed E-state index contributed by atoms with van der Waals surface area (Å²) in [5, 5.41) is 11.1. The van der Waals surface area contributed by atoms with E-state index in [0.717, 1.165) is 0 Å². The molecule has 0 aliphatic rings. The predicted octanol–water partition coefficient (Wildman–Crippen LogP) is -0.0452. The molecule has 0 spiro atoms. The zero-order valence-corrected chi connectivity index (χ0v) is 10.0. The second kappa shape index (κ2) is 5.35. The molecule has 98 valence electrons. The van der Waals surface area contributed by atoms with Crippen LogP contribution >= 0.6 is 0 Å². The highest BCUT2D eigenvalue weighted by Gasteiger charge is 2.24. The largest absolute Gasteiger partial charge is 0.480 e. The fourth-order valence-corrected chi connectivity index (χ4v) is 1.49. The summed E-state index contributed by atoms with van der Waals surface area (Å²) >= 11 is 0. The van der Waals surface area contributed by atoms with Crippen LogP contribution in [0.15, 0.2) is 10.5 Å². The zero-order valence-electron chi connectivity index (χ0n) is 10.0. The Morgan fingerprint density at radius 2 is 2.06 bits per heavy atom. The maximum atomic E-state index is 11.8. The third-order valence-electron chi connectivity index (χ3n) is 2.29. The van der Waals surface area contributed by atoms with Gasteiger partial charge < -0.3 is 20.6 Å². The van der Waals surface area contributed by atoms with Crippen molar-refractivity contribution in [2.45, 2.75) is 26.3 Å². The second-order valence-corrected chi connectivity index (χ2v) is 3.86. The van der Waals surface area contributed by atoms with Crippen LogP contribution in [-0.4, -0.2) is 28.9 Å². The van der Waals surface area contributed by atoms with Crippen LogP contribution in [0.4, 0.5) is 0 Å². The minimum Gasteiger partial charge on any atom is -0.480 e. The molecule has 0 aliphatic heterocycles. The lowest BCUT2D eigenvalue weighted by Crippen LogP contribution is -2.43. The number of carboxylic acids is 1. The van der Waals surface area contributed by atoms with Gasteiger partial charge in [0.2, 0.25) is 5.91 Å². The van der Waals surface area contributed by atoms with Gasteiger partial charge >= 0.3 is 5.97 Å². The van der Waals surface area contributed by atoms with Crippen molar-refractivity contribution >= 4 is 17.8 Å². The number of hydrogen-bond donors (Lipinski definition) is 3. The summed E-state index contributed by atoms with van der Waals surface area (Å²) < 4.78 is 5.16. The molecule has 0 radical (unpaired) electrons. The summed E-state index contributed by atoms with van der Waals surface area (Å²) in [7, 11) is 0. The Bertz CT molecular complexity index is 492. The summed E-state index contributed by atoms with van der Waals surface area (Å²) in [5.41, 5.74) is 5.15. The van der Waals surface area contributed by atoms with E-state index in [-0.39, 0.29) is 5.56 Å². The molecule has 0 aromatic carbocycles. The van der Waals surface area contributed by atoms with Gasteiger partial charge in [-0.15, -0.1) is 0 Å². The first-order valence-electron chi connectivity index (χ1n) is 5.20. The van der Waals surface area contributed by atoms with Gasteiger partial charge in [-0.3, -0.25) is 9.59 Å². The fraction of sp³-hybridized carbons (Fsp3) is 0.364. The maximum absolute atomic E-state index is 11.8. The minimum absolute atomic E-state index is 0.239. The number of carbonyl (C=O) groups excluding carboxylic acids is 2. The minimum atomic E-state index is -1.34. The summed E-state index contributed by atoms with van der Waals surface area (Å²) in [6.45, 7) is 3.26. The van der Waals surface area contributed by atoms with Crippen molar-refractivity contribution in [3.63, 3.8) is 0 Å². The molecule has 4 N–H and O–H groups in total. The highest BCUT2D eigenvalue weighted by atomic mass is 16.4. The average molecular weight is 254 g/mol. The SMILES string of the molecule is Cc1cc(C(=O)N[C@@H](CC(N)=O)C(=O)O)c(C)o1. The van der Waals surface area contributed by atoms with Gasteiger partial charge in [-0.05, 0) is 19.9 Å². The van der Waals surface area contributed by atoms with Crippen LogP contribution in [0.2, 0.25) is 0 Å². The molecule has 1 rings (SSSR count). The average Bonchev–Trinajstić information content (AvgIpc) is 2.56. The second-order valence-electron chi connectivity index (χ2n) is 3.86. The lowest BCUT2D eigenvalue weighted by atomic mass is 10.1. The molecule has 18 heavy (non-hydrogen) atoms. The Morgan fingerprint density at radius 3 is 2.44 bits per heavy atom. The van der Waals surface area contributed by atoms with Crippen LogP contribution in [0.1, 0.15) is 28.3 Å². The van der Waals surface area contributed by atoms with E-state index in [9.17, 15) is 14.4 Å². The molecule has 1 atom stereocenters. The van der Waals surface area contributed by atoms with Crippen LogP contribution in [0.3, 0.4) is 0 Å². The number of hydrogen-bond acceptors (Lipinski definition) is 4. The number of carbonyl (C=O) groups is 3. The monoisotopic (exact) mass is 254 g/mol. The Morgan fingerprint density at radius 1 is 1.44 bits per heavy atom.